The zero-order valence-electron chi connectivity index (χ0n) is 7.13. The molecule has 0 bridgehead atoms. The van der Waals surface area contributed by atoms with Gasteiger partial charge in [-0.2, -0.15) is 0 Å². The van der Waals surface area contributed by atoms with Crippen LogP contribution < -0.4 is 0 Å². The Kier molecular flexibility index (Phi) is 4.84. The van der Waals surface area contributed by atoms with E-state index in [4.69, 9.17) is 0 Å². The lowest BCUT2D eigenvalue weighted by Gasteiger charge is -1.96. The van der Waals surface area contributed by atoms with Gasteiger partial charge in [-0.25, -0.2) is 0 Å². The highest BCUT2D eigenvalue weighted by molar-refractivity contribution is 5.07. The quantitative estimate of drug-likeness (QED) is 0.493. The molecule has 0 saturated carbocycles. The Bertz CT molecular complexity index is 115. The fourth-order valence-electron chi connectivity index (χ4n) is 1.29. The highest BCUT2D eigenvalue weighted by Gasteiger charge is 1.89. The van der Waals surface area contributed by atoms with Gasteiger partial charge in [0.15, 0.2) is 0 Å². The van der Waals surface area contributed by atoms with Crippen LogP contribution in [0.1, 0.15) is 38.5 Å². The summed E-state index contributed by atoms with van der Waals surface area (Å²) in [6, 6.07) is 0. The fourth-order valence-corrected chi connectivity index (χ4v) is 1.29. The molecular formula is C11H17. The summed E-state index contributed by atoms with van der Waals surface area (Å²) in [7, 11) is 0. The summed E-state index contributed by atoms with van der Waals surface area (Å²) in [4.78, 5) is 0. The van der Waals surface area contributed by atoms with E-state index < -0.39 is 0 Å². The lowest BCUT2D eigenvalue weighted by molar-refractivity contribution is 0.647. The van der Waals surface area contributed by atoms with Crippen molar-refractivity contribution in [2.75, 3.05) is 0 Å². The number of allylic oxidation sites excluding steroid dienone is 4. The third-order valence-electron chi connectivity index (χ3n) is 1.99. The van der Waals surface area contributed by atoms with Crippen LogP contribution in [0, 0.1) is 6.42 Å². The van der Waals surface area contributed by atoms with Crippen LogP contribution in [0.2, 0.25) is 0 Å². The fraction of sp³-hybridized carbons (Fsp3) is 0.545. The van der Waals surface area contributed by atoms with Gasteiger partial charge < -0.3 is 0 Å². The van der Waals surface area contributed by atoms with Gasteiger partial charge in [-0.3, -0.25) is 0 Å². The van der Waals surface area contributed by atoms with Gasteiger partial charge in [0.1, 0.15) is 0 Å². The minimum atomic E-state index is 1.25. The first kappa shape index (κ1) is 8.58. The first-order chi connectivity index (χ1) is 5.50. The minimum Gasteiger partial charge on any atom is -0.0845 e. The average molecular weight is 149 g/mol. The smallest absolute Gasteiger partial charge is 0.0167 e. The predicted octanol–water partition coefficient (Wildman–Crippen LogP) is 3.66. The minimum absolute atomic E-state index is 1.25. The second-order valence-electron chi connectivity index (χ2n) is 3.04. The molecule has 0 unspecified atom stereocenters. The number of hydrogen-bond donors (Lipinski definition) is 0. The normalized spacial score (nSPS) is 26.9. The van der Waals surface area contributed by atoms with Crippen molar-refractivity contribution in [3.63, 3.8) is 0 Å². The van der Waals surface area contributed by atoms with Gasteiger partial charge in [-0.15, -0.1) is 0 Å². The van der Waals surface area contributed by atoms with Crippen LogP contribution in [-0.2, 0) is 0 Å². The van der Waals surface area contributed by atoms with Crippen LogP contribution in [0.4, 0.5) is 0 Å². The summed E-state index contributed by atoms with van der Waals surface area (Å²) in [5.74, 6) is 0. The molecule has 61 valence electrons. The van der Waals surface area contributed by atoms with Crippen molar-refractivity contribution in [1.82, 2.24) is 0 Å². The maximum atomic E-state index is 2.26. The van der Waals surface area contributed by atoms with Crippen molar-refractivity contribution in [2.45, 2.75) is 38.5 Å². The SMILES string of the molecule is [CH]1/C=C/C=C\CCCCCC1. The van der Waals surface area contributed by atoms with Gasteiger partial charge in [0, 0.05) is 0 Å². The van der Waals surface area contributed by atoms with E-state index in [-0.39, 0.29) is 0 Å². The molecule has 0 nitrogen and oxygen atoms in total. The summed E-state index contributed by atoms with van der Waals surface area (Å²) in [6.45, 7) is 0. The summed E-state index contributed by atoms with van der Waals surface area (Å²) >= 11 is 0. The number of rotatable bonds is 0. The monoisotopic (exact) mass is 149 g/mol. The Balaban J connectivity index is 2.22. The molecule has 0 fully saturated rings. The Morgan fingerprint density at radius 2 is 1.45 bits per heavy atom. The van der Waals surface area contributed by atoms with Crippen LogP contribution in [-0.4, -0.2) is 0 Å². The first-order valence-electron chi connectivity index (χ1n) is 4.65. The molecule has 1 radical (unpaired) electrons. The predicted molar refractivity (Wildman–Crippen MR) is 50.3 cm³/mol. The van der Waals surface area contributed by atoms with Gasteiger partial charge in [0.25, 0.3) is 0 Å². The van der Waals surface area contributed by atoms with Gasteiger partial charge in [-0.1, -0.05) is 43.6 Å². The molecule has 1 aliphatic rings. The van der Waals surface area contributed by atoms with E-state index in [1.165, 1.54) is 38.5 Å². The Morgan fingerprint density at radius 1 is 0.636 bits per heavy atom. The lowest BCUT2D eigenvalue weighted by atomic mass is 10.1. The van der Waals surface area contributed by atoms with Crippen LogP contribution in [0.5, 0.6) is 0 Å². The zero-order valence-corrected chi connectivity index (χ0v) is 7.13. The van der Waals surface area contributed by atoms with Gasteiger partial charge in [0.2, 0.25) is 0 Å². The van der Waals surface area contributed by atoms with E-state index in [2.05, 4.69) is 30.7 Å². The first-order valence-corrected chi connectivity index (χ1v) is 4.65. The Labute approximate surface area is 70.0 Å². The molecule has 0 N–H and O–H groups in total. The molecule has 0 aromatic rings. The summed E-state index contributed by atoms with van der Waals surface area (Å²) in [5, 5.41) is 0. The molecule has 1 aliphatic carbocycles. The maximum Gasteiger partial charge on any atom is -0.0167 e. The van der Waals surface area contributed by atoms with Crippen molar-refractivity contribution < 1.29 is 0 Å². The lowest BCUT2D eigenvalue weighted by Crippen LogP contribution is -1.77. The van der Waals surface area contributed by atoms with E-state index in [0.717, 1.165) is 0 Å². The molecule has 0 saturated heterocycles. The van der Waals surface area contributed by atoms with Gasteiger partial charge in [0.05, 0.1) is 0 Å². The topological polar surface area (TPSA) is 0 Å². The Morgan fingerprint density at radius 3 is 2.36 bits per heavy atom. The molecule has 1 rings (SSSR count). The third kappa shape index (κ3) is 4.83. The Hall–Kier alpha value is -0.520. The van der Waals surface area contributed by atoms with Crippen LogP contribution in [0.25, 0.3) is 0 Å². The van der Waals surface area contributed by atoms with E-state index in [9.17, 15) is 0 Å². The van der Waals surface area contributed by atoms with Crippen LogP contribution in [0.15, 0.2) is 24.3 Å². The van der Waals surface area contributed by atoms with Crippen LogP contribution in [0.3, 0.4) is 0 Å². The molecular weight excluding hydrogens is 132 g/mol. The van der Waals surface area contributed by atoms with Crippen LogP contribution >= 0.6 is 0 Å². The molecule has 0 heterocycles. The highest BCUT2D eigenvalue weighted by atomic mass is 14.0. The molecule has 0 aliphatic heterocycles. The van der Waals surface area contributed by atoms with E-state index in [1.807, 2.05) is 0 Å². The molecule has 0 amide bonds. The van der Waals surface area contributed by atoms with Crippen molar-refractivity contribution in [1.29, 1.82) is 0 Å². The third-order valence-corrected chi connectivity index (χ3v) is 1.99. The van der Waals surface area contributed by atoms with Gasteiger partial charge in [-0.05, 0) is 25.7 Å². The molecule has 0 spiro atoms. The molecule has 0 aromatic carbocycles. The summed E-state index contributed by atoms with van der Waals surface area (Å²) in [6.07, 6.45) is 19.0. The standard InChI is InChI=1S/C11H17/c1-2-4-6-8-10-11-9-7-5-3-1/h1-5H,6-11H2/b2-1+,5-3-. The second-order valence-corrected chi connectivity index (χ2v) is 3.04. The van der Waals surface area contributed by atoms with E-state index in [0.29, 0.717) is 0 Å². The maximum absolute atomic E-state index is 2.26. The van der Waals surface area contributed by atoms with E-state index >= 15 is 0 Å². The van der Waals surface area contributed by atoms with Crippen molar-refractivity contribution in [3.05, 3.63) is 30.7 Å². The molecule has 0 heteroatoms. The molecule has 0 aromatic heterocycles. The number of hydrogen-bond acceptors (Lipinski definition) is 0. The summed E-state index contributed by atoms with van der Waals surface area (Å²) < 4.78 is 0. The van der Waals surface area contributed by atoms with E-state index in [1.54, 1.807) is 0 Å². The van der Waals surface area contributed by atoms with Gasteiger partial charge >= 0.3 is 0 Å². The highest BCUT2D eigenvalue weighted by Crippen LogP contribution is 2.08. The summed E-state index contributed by atoms with van der Waals surface area (Å²) in [5.41, 5.74) is 0. The van der Waals surface area contributed by atoms with Crippen molar-refractivity contribution in [3.8, 4) is 0 Å². The zero-order chi connectivity index (χ0) is 7.78. The largest absolute Gasteiger partial charge is 0.0845 e. The average Bonchev–Trinajstić information content (AvgIpc) is 2.08. The molecule has 0 atom stereocenters. The molecule has 11 heavy (non-hydrogen) atoms. The van der Waals surface area contributed by atoms with Crippen molar-refractivity contribution in [2.24, 2.45) is 0 Å². The second kappa shape index (κ2) is 6.21. The van der Waals surface area contributed by atoms with Crippen molar-refractivity contribution >= 4 is 0 Å².